The lowest BCUT2D eigenvalue weighted by Crippen LogP contribution is -2.30. The lowest BCUT2D eigenvalue weighted by molar-refractivity contribution is -0.384. The van der Waals surface area contributed by atoms with E-state index in [0.717, 1.165) is 0 Å². The van der Waals surface area contributed by atoms with E-state index in [-0.39, 0.29) is 5.69 Å². The number of nitrogens with zero attached hydrogens (tertiary/aromatic N) is 1. The fourth-order valence-electron chi connectivity index (χ4n) is 1.08. The number of benzene rings is 1. The summed E-state index contributed by atoms with van der Waals surface area (Å²) in [6.07, 6.45) is -1.23. The first-order chi connectivity index (χ1) is 7.54. The van der Waals surface area contributed by atoms with E-state index in [4.69, 9.17) is 5.11 Å². The SMILES string of the molecule is COC(Nc1cccc([N+](=O)[O-])c1)C(=O)O. The number of non-ortho nitro benzene ring substituents is 1. The van der Waals surface area contributed by atoms with Gasteiger partial charge in [-0.3, -0.25) is 10.1 Å². The van der Waals surface area contributed by atoms with Crippen molar-refractivity contribution >= 4 is 17.3 Å². The van der Waals surface area contributed by atoms with Crippen molar-refractivity contribution in [1.29, 1.82) is 0 Å². The van der Waals surface area contributed by atoms with Gasteiger partial charge in [0.05, 0.1) is 4.92 Å². The number of nitrogens with one attached hydrogen (secondary N) is 1. The topological polar surface area (TPSA) is 102 Å². The van der Waals surface area contributed by atoms with Crippen molar-refractivity contribution in [2.24, 2.45) is 0 Å². The van der Waals surface area contributed by atoms with E-state index in [2.05, 4.69) is 10.1 Å². The molecule has 7 heteroatoms. The first-order valence-corrected chi connectivity index (χ1v) is 4.31. The Kier molecular flexibility index (Phi) is 3.78. The van der Waals surface area contributed by atoms with E-state index in [1.807, 2.05) is 0 Å². The number of carboxylic acid groups (broad SMARTS) is 1. The van der Waals surface area contributed by atoms with E-state index in [0.29, 0.717) is 5.69 Å². The maximum Gasteiger partial charge on any atom is 0.353 e. The van der Waals surface area contributed by atoms with Crippen LogP contribution in [0.2, 0.25) is 0 Å². The number of nitro groups is 1. The number of methoxy groups -OCH3 is 1. The second-order valence-electron chi connectivity index (χ2n) is 2.91. The van der Waals surface area contributed by atoms with Gasteiger partial charge in [-0.25, -0.2) is 4.79 Å². The van der Waals surface area contributed by atoms with Gasteiger partial charge in [0.2, 0.25) is 6.23 Å². The molecule has 0 bridgehead atoms. The van der Waals surface area contributed by atoms with Gasteiger partial charge >= 0.3 is 5.97 Å². The molecule has 0 radical (unpaired) electrons. The molecule has 0 spiro atoms. The zero-order valence-electron chi connectivity index (χ0n) is 8.41. The predicted molar refractivity (Wildman–Crippen MR) is 55.2 cm³/mol. The number of hydrogen-bond acceptors (Lipinski definition) is 5. The smallest absolute Gasteiger partial charge is 0.353 e. The van der Waals surface area contributed by atoms with Crippen molar-refractivity contribution in [2.75, 3.05) is 12.4 Å². The largest absolute Gasteiger partial charge is 0.478 e. The average Bonchev–Trinajstić information content (AvgIpc) is 2.25. The Bertz CT molecular complexity index is 407. The van der Waals surface area contributed by atoms with Gasteiger partial charge < -0.3 is 15.2 Å². The van der Waals surface area contributed by atoms with Crippen LogP contribution in [0.3, 0.4) is 0 Å². The Morgan fingerprint density at radius 2 is 2.31 bits per heavy atom. The fourth-order valence-corrected chi connectivity index (χ4v) is 1.08. The molecule has 1 atom stereocenters. The molecule has 0 saturated carbocycles. The minimum absolute atomic E-state index is 0.120. The molecule has 1 unspecified atom stereocenters. The van der Waals surface area contributed by atoms with Crippen LogP contribution in [0.5, 0.6) is 0 Å². The third kappa shape index (κ3) is 2.92. The molecule has 2 N–H and O–H groups in total. The molecule has 0 aromatic heterocycles. The number of hydrogen-bond donors (Lipinski definition) is 2. The Morgan fingerprint density at radius 3 is 2.81 bits per heavy atom. The summed E-state index contributed by atoms with van der Waals surface area (Å²) in [7, 11) is 1.23. The first kappa shape index (κ1) is 11.9. The van der Waals surface area contributed by atoms with Crippen LogP contribution in [0.1, 0.15) is 0 Å². The van der Waals surface area contributed by atoms with Crippen molar-refractivity contribution in [3.63, 3.8) is 0 Å². The third-order valence-electron chi connectivity index (χ3n) is 1.81. The lowest BCUT2D eigenvalue weighted by Gasteiger charge is -2.13. The summed E-state index contributed by atoms with van der Waals surface area (Å²) in [6, 6.07) is 5.51. The van der Waals surface area contributed by atoms with E-state index in [1.54, 1.807) is 0 Å². The number of anilines is 1. The van der Waals surface area contributed by atoms with Crippen LogP contribution in [-0.4, -0.2) is 29.3 Å². The summed E-state index contributed by atoms with van der Waals surface area (Å²) >= 11 is 0. The predicted octanol–water partition coefficient (Wildman–Crippen LogP) is 1.06. The Hall–Kier alpha value is -2.15. The number of ether oxygens (including phenoxy) is 1. The van der Waals surface area contributed by atoms with Crippen LogP contribution >= 0.6 is 0 Å². The molecule has 86 valence electrons. The highest BCUT2D eigenvalue weighted by molar-refractivity contribution is 5.75. The van der Waals surface area contributed by atoms with Crippen molar-refractivity contribution in [2.45, 2.75) is 6.23 Å². The minimum Gasteiger partial charge on any atom is -0.478 e. The summed E-state index contributed by atoms with van der Waals surface area (Å²) in [6.45, 7) is 0. The summed E-state index contributed by atoms with van der Waals surface area (Å²) in [5, 5.41) is 21.7. The van der Waals surface area contributed by atoms with Gasteiger partial charge in [-0.15, -0.1) is 0 Å². The Morgan fingerprint density at radius 1 is 1.62 bits per heavy atom. The van der Waals surface area contributed by atoms with E-state index in [9.17, 15) is 14.9 Å². The highest BCUT2D eigenvalue weighted by Gasteiger charge is 2.16. The first-order valence-electron chi connectivity index (χ1n) is 4.31. The number of nitro benzene ring substituents is 1. The quantitative estimate of drug-likeness (QED) is 0.442. The number of aliphatic carboxylic acids is 1. The summed E-state index contributed by atoms with van der Waals surface area (Å²) in [5.41, 5.74) is 0.189. The second kappa shape index (κ2) is 5.08. The normalized spacial score (nSPS) is 11.8. The maximum absolute atomic E-state index is 10.6. The van der Waals surface area contributed by atoms with Crippen LogP contribution in [-0.2, 0) is 9.53 Å². The monoisotopic (exact) mass is 226 g/mol. The van der Waals surface area contributed by atoms with Crippen LogP contribution in [0.15, 0.2) is 24.3 Å². The molecular weight excluding hydrogens is 216 g/mol. The molecule has 0 fully saturated rings. The molecule has 0 saturated heterocycles. The minimum atomic E-state index is -1.23. The standard InChI is InChI=1S/C9H10N2O5/c1-16-8(9(12)13)10-6-3-2-4-7(5-6)11(14)15/h2-5,8,10H,1H3,(H,12,13). The van der Waals surface area contributed by atoms with Gasteiger partial charge in [0, 0.05) is 24.9 Å². The molecule has 1 rings (SSSR count). The van der Waals surface area contributed by atoms with Crippen molar-refractivity contribution < 1.29 is 19.6 Å². The van der Waals surface area contributed by atoms with Crippen LogP contribution < -0.4 is 5.32 Å². The van der Waals surface area contributed by atoms with Gasteiger partial charge in [-0.05, 0) is 6.07 Å². The lowest BCUT2D eigenvalue weighted by atomic mass is 10.3. The molecule has 1 aromatic carbocycles. The van der Waals surface area contributed by atoms with Gasteiger partial charge in [0.15, 0.2) is 0 Å². The summed E-state index contributed by atoms with van der Waals surface area (Å²) in [4.78, 5) is 20.5. The highest BCUT2D eigenvalue weighted by atomic mass is 16.6. The number of rotatable bonds is 5. The van der Waals surface area contributed by atoms with Crippen molar-refractivity contribution in [1.82, 2.24) is 0 Å². The molecular formula is C9H10N2O5. The maximum atomic E-state index is 10.6. The summed E-state index contributed by atoms with van der Waals surface area (Å²) in [5.74, 6) is -1.20. The average molecular weight is 226 g/mol. The molecule has 0 aliphatic rings. The Labute approximate surface area is 90.8 Å². The Balaban J connectivity index is 2.84. The number of carbonyl (C=O) groups is 1. The zero-order chi connectivity index (χ0) is 12.1. The summed E-state index contributed by atoms with van der Waals surface area (Å²) < 4.78 is 4.64. The molecule has 0 heterocycles. The third-order valence-corrected chi connectivity index (χ3v) is 1.81. The van der Waals surface area contributed by atoms with Gasteiger partial charge in [-0.2, -0.15) is 0 Å². The fraction of sp³-hybridized carbons (Fsp3) is 0.222. The van der Waals surface area contributed by atoms with Crippen molar-refractivity contribution in [3.8, 4) is 0 Å². The van der Waals surface area contributed by atoms with E-state index < -0.39 is 17.1 Å². The molecule has 16 heavy (non-hydrogen) atoms. The highest BCUT2D eigenvalue weighted by Crippen LogP contribution is 2.17. The van der Waals surface area contributed by atoms with Crippen LogP contribution in [0.25, 0.3) is 0 Å². The zero-order valence-corrected chi connectivity index (χ0v) is 8.41. The molecule has 7 nitrogen and oxygen atoms in total. The van der Waals surface area contributed by atoms with E-state index >= 15 is 0 Å². The van der Waals surface area contributed by atoms with Crippen molar-refractivity contribution in [3.05, 3.63) is 34.4 Å². The van der Waals surface area contributed by atoms with Gasteiger partial charge in [-0.1, -0.05) is 6.07 Å². The van der Waals surface area contributed by atoms with E-state index in [1.165, 1.54) is 31.4 Å². The van der Waals surface area contributed by atoms with Gasteiger partial charge in [0.1, 0.15) is 0 Å². The van der Waals surface area contributed by atoms with Crippen LogP contribution in [0, 0.1) is 10.1 Å². The number of carboxylic acids is 1. The molecule has 1 aromatic rings. The van der Waals surface area contributed by atoms with Gasteiger partial charge in [0.25, 0.3) is 5.69 Å². The van der Waals surface area contributed by atoms with Crippen LogP contribution in [0.4, 0.5) is 11.4 Å². The molecule has 0 amide bonds. The second-order valence-corrected chi connectivity index (χ2v) is 2.91. The molecule has 0 aliphatic carbocycles. The molecule has 0 aliphatic heterocycles.